The Morgan fingerprint density at radius 2 is 2.38 bits per heavy atom. The minimum Gasteiger partial charge on any atom is -0.333 e. The SMILES string of the molecule is O=C(Cc1ccc(Br)s1)N1CCNCC1c1cccnc1. The van der Waals surface area contributed by atoms with E-state index in [-0.39, 0.29) is 11.9 Å². The molecule has 6 heteroatoms. The first-order valence-electron chi connectivity index (χ1n) is 6.88. The molecule has 1 atom stereocenters. The summed E-state index contributed by atoms with van der Waals surface area (Å²) in [7, 11) is 0. The van der Waals surface area contributed by atoms with Crippen LogP contribution in [-0.4, -0.2) is 35.4 Å². The molecule has 1 fully saturated rings. The zero-order valence-corrected chi connectivity index (χ0v) is 13.9. The van der Waals surface area contributed by atoms with Gasteiger partial charge in [-0.3, -0.25) is 9.78 Å². The summed E-state index contributed by atoms with van der Waals surface area (Å²) in [5.41, 5.74) is 1.09. The molecule has 0 aliphatic carbocycles. The molecule has 0 saturated carbocycles. The van der Waals surface area contributed by atoms with Crippen LogP contribution in [0.25, 0.3) is 0 Å². The molecule has 21 heavy (non-hydrogen) atoms. The number of pyridine rings is 1. The molecule has 1 aliphatic heterocycles. The highest BCUT2D eigenvalue weighted by Crippen LogP contribution is 2.26. The van der Waals surface area contributed by atoms with Crippen molar-refractivity contribution in [1.29, 1.82) is 0 Å². The van der Waals surface area contributed by atoms with Crippen LogP contribution >= 0.6 is 27.3 Å². The van der Waals surface area contributed by atoms with E-state index >= 15 is 0 Å². The minimum atomic E-state index is 0.0725. The molecule has 110 valence electrons. The summed E-state index contributed by atoms with van der Waals surface area (Å²) in [6.07, 6.45) is 4.07. The number of halogens is 1. The van der Waals surface area contributed by atoms with Gasteiger partial charge in [-0.25, -0.2) is 0 Å². The fourth-order valence-corrected chi connectivity index (χ4v) is 4.05. The van der Waals surface area contributed by atoms with E-state index in [1.165, 1.54) is 0 Å². The lowest BCUT2D eigenvalue weighted by Crippen LogP contribution is -2.49. The van der Waals surface area contributed by atoms with E-state index in [4.69, 9.17) is 0 Å². The van der Waals surface area contributed by atoms with Crippen LogP contribution < -0.4 is 5.32 Å². The van der Waals surface area contributed by atoms with Crippen molar-refractivity contribution >= 4 is 33.2 Å². The Bertz CT molecular complexity index is 616. The third-order valence-corrected chi connectivity index (χ3v) is 5.21. The molecule has 1 amide bonds. The standard InChI is InChI=1S/C15H16BrN3OS/c16-14-4-3-12(21-14)8-15(20)19-7-6-18-10-13(19)11-2-1-5-17-9-11/h1-5,9,13,18H,6-8,10H2. The number of nitrogens with zero attached hydrogens (tertiary/aromatic N) is 2. The van der Waals surface area contributed by atoms with Crippen molar-refractivity contribution in [3.63, 3.8) is 0 Å². The zero-order chi connectivity index (χ0) is 14.7. The summed E-state index contributed by atoms with van der Waals surface area (Å²) in [5, 5.41) is 3.36. The highest BCUT2D eigenvalue weighted by Gasteiger charge is 2.28. The zero-order valence-electron chi connectivity index (χ0n) is 11.5. The first-order chi connectivity index (χ1) is 10.2. The highest BCUT2D eigenvalue weighted by molar-refractivity contribution is 9.11. The molecular formula is C15H16BrN3OS. The molecule has 2 aromatic rings. The summed E-state index contributed by atoms with van der Waals surface area (Å²) in [6.45, 7) is 2.37. The Labute approximate surface area is 136 Å². The molecule has 4 nitrogen and oxygen atoms in total. The van der Waals surface area contributed by atoms with E-state index in [2.05, 4.69) is 26.2 Å². The van der Waals surface area contributed by atoms with Crippen molar-refractivity contribution in [2.24, 2.45) is 0 Å². The number of carbonyl (C=O) groups excluding carboxylic acids is 1. The smallest absolute Gasteiger partial charge is 0.228 e. The minimum absolute atomic E-state index is 0.0725. The third-order valence-electron chi connectivity index (χ3n) is 3.59. The number of nitrogens with one attached hydrogen (secondary N) is 1. The molecule has 1 N–H and O–H groups in total. The van der Waals surface area contributed by atoms with Gasteiger partial charge in [0.05, 0.1) is 16.2 Å². The van der Waals surface area contributed by atoms with Gasteiger partial charge < -0.3 is 10.2 Å². The van der Waals surface area contributed by atoms with Crippen molar-refractivity contribution in [2.75, 3.05) is 19.6 Å². The number of piperazine rings is 1. The Morgan fingerprint density at radius 3 is 3.10 bits per heavy atom. The number of amides is 1. The van der Waals surface area contributed by atoms with Gasteiger partial charge in [-0.15, -0.1) is 11.3 Å². The van der Waals surface area contributed by atoms with Crippen molar-refractivity contribution in [1.82, 2.24) is 15.2 Å². The van der Waals surface area contributed by atoms with E-state index in [1.54, 1.807) is 17.5 Å². The number of aromatic nitrogens is 1. The van der Waals surface area contributed by atoms with E-state index in [1.807, 2.05) is 35.4 Å². The molecule has 0 radical (unpaired) electrons. The molecule has 1 aliphatic rings. The molecule has 3 heterocycles. The van der Waals surface area contributed by atoms with Crippen molar-refractivity contribution in [3.05, 3.63) is 50.9 Å². The summed E-state index contributed by atoms with van der Waals surface area (Å²) in [5.74, 6) is 0.180. The van der Waals surface area contributed by atoms with Gasteiger partial charge in [0, 0.05) is 36.9 Å². The Morgan fingerprint density at radius 1 is 1.48 bits per heavy atom. The maximum absolute atomic E-state index is 12.6. The second-order valence-electron chi connectivity index (χ2n) is 4.98. The van der Waals surface area contributed by atoms with Crippen molar-refractivity contribution in [2.45, 2.75) is 12.5 Å². The maximum Gasteiger partial charge on any atom is 0.228 e. The van der Waals surface area contributed by atoms with Gasteiger partial charge in [-0.05, 0) is 39.7 Å². The van der Waals surface area contributed by atoms with Gasteiger partial charge in [0.1, 0.15) is 0 Å². The Balaban J connectivity index is 1.76. The van der Waals surface area contributed by atoms with Crippen LogP contribution in [0.5, 0.6) is 0 Å². The average Bonchev–Trinajstić information content (AvgIpc) is 2.93. The van der Waals surface area contributed by atoms with Crippen LogP contribution in [0.4, 0.5) is 0 Å². The van der Waals surface area contributed by atoms with Gasteiger partial charge >= 0.3 is 0 Å². The van der Waals surface area contributed by atoms with Crippen LogP contribution in [0.1, 0.15) is 16.5 Å². The molecule has 0 bridgehead atoms. The Kier molecular flexibility index (Phi) is 4.67. The summed E-state index contributed by atoms with van der Waals surface area (Å²) >= 11 is 5.06. The van der Waals surface area contributed by atoms with E-state index in [9.17, 15) is 4.79 Å². The summed E-state index contributed by atoms with van der Waals surface area (Å²) in [6, 6.07) is 8.02. The summed E-state index contributed by atoms with van der Waals surface area (Å²) < 4.78 is 1.06. The molecule has 0 spiro atoms. The monoisotopic (exact) mass is 365 g/mol. The third kappa shape index (κ3) is 3.51. The molecule has 2 aromatic heterocycles. The molecular weight excluding hydrogens is 350 g/mol. The quantitative estimate of drug-likeness (QED) is 0.909. The lowest BCUT2D eigenvalue weighted by atomic mass is 10.0. The first-order valence-corrected chi connectivity index (χ1v) is 8.49. The van der Waals surface area contributed by atoms with Crippen LogP contribution in [0.2, 0.25) is 0 Å². The van der Waals surface area contributed by atoms with Crippen LogP contribution in [0.3, 0.4) is 0 Å². The molecule has 1 unspecified atom stereocenters. The van der Waals surface area contributed by atoms with Gasteiger partial charge in [0.25, 0.3) is 0 Å². The largest absolute Gasteiger partial charge is 0.333 e. The number of thiophene rings is 1. The van der Waals surface area contributed by atoms with Gasteiger partial charge in [-0.1, -0.05) is 6.07 Å². The number of hydrogen-bond acceptors (Lipinski definition) is 4. The number of hydrogen-bond donors (Lipinski definition) is 1. The molecule has 1 saturated heterocycles. The highest BCUT2D eigenvalue weighted by atomic mass is 79.9. The number of rotatable bonds is 3. The summed E-state index contributed by atoms with van der Waals surface area (Å²) in [4.78, 5) is 19.9. The lowest BCUT2D eigenvalue weighted by Gasteiger charge is -2.36. The van der Waals surface area contributed by atoms with Gasteiger partial charge in [0.15, 0.2) is 0 Å². The average molecular weight is 366 g/mol. The van der Waals surface area contributed by atoms with Crippen LogP contribution in [0.15, 0.2) is 40.4 Å². The second kappa shape index (κ2) is 6.68. The fraction of sp³-hybridized carbons (Fsp3) is 0.333. The first kappa shape index (κ1) is 14.7. The van der Waals surface area contributed by atoms with E-state index in [0.29, 0.717) is 6.42 Å². The fourth-order valence-electron chi connectivity index (χ4n) is 2.57. The predicted molar refractivity (Wildman–Crippen MR) is 87.3 cm³/mol. The van der Waals surface area contributed by atoms with Gasteiger partial charge in [0.2, 0.25) is 5.91 Å². The molecule has 3 rings (SSSR count). The normalized spacial score (nSPS) is 18.7. The Hall–Kier alpha value is -1.24. The topological polar surface area (TPSA) is 45.2 Å². The van der Waals surface area contributed by atoms with E-state index < -0.39 is 0 Å². The van der Waals surface area contributed by atoms with Crippen molar-refractivity contribution in [3.8, 4) is 0 Å². The van der Waals surface area contributed by atoms with Crippen LogP contribution in [-0.2, 0) is 11.2 Å². The van der Waals surface area contributed by atoms with E-state index in [0.717, 1.165) is 33.9 Å². The number of carbonyl (C=O) groups is 1. The second-order valence-corrected chi connectivity index (χ2v) is 7.52. The maximum atomic E-state index is 12.6. The lowest BCUT2D eigenvalue weighted by molar-refractivity contribution is -0.133. The molecule has 0 aromatic carbocycles. The van der Waals surface area contributed by atoms with Gasteiger partial charge in [-0.2, -0.15) is 0 Å². The van der Waals surface area contributed by atoms with Crippen molar-refractivity contribution < 1.29 is 4.79 Å². The predicted octanol–water partition coefficient (Wildman–Crippen LogP) is 2.62. The van der Waals surface area contributed by atoms with Crippen LogP contribution in [0, 0.1) is 0 Å².